The lowest BCUT2D eigenvalue weighted by atomic mass is 9.99. The molecule has 7 heteroatoms. The molecule has 1 amide bonds. The second kappa shape index (κ2) is 9.04. The third-order valence-corrected chi connectivity index (χ3v) is 5.64. The maximum atomic E-state index is 12.3. The molecule has 3 rings (SSSR count). The molecule has 142 valence electrons. The number of hydrogen-bond acceptors (Lipinski definition) is 3. The number of anilines is 2. The van der Waals surface area contributed by atoms with Gasteiger partial charge in [0, 0.05) is 28.8 Å². The molecule has 1 heterocycles. The largest absolute Gasteiger partial charge is 0.370 e. The van der Waals surface area contributed by atoms with Gasteiger partial charge < -0.3 is 10.2 Å². The zero-order valence-electron chi connectivity index (χ0n) is 15.0. The van der Waals surface area contributed by atoms with E-state index in [0.717, 1.165) is 34.9 Å². The Morgan fingerprint density at radius 3 is 2.63 bits per heavy atom. The molecule has 2 aromatic carbocycles. The highest BCUT2D eigenvalue weighted by Gasteiger charge is 2.18. The summed E-state index contributed by atoms with van der Waals surface area (Å²) in [7, 11) is 0. The number of benzene rings is 2. The smallest absolute Gasteiger partial charge is 0.257 e. The van der Waals surface area contributed by atoms with Crippen molar-refractivity contribution in [1.29, 1.82) is 0 Å². The number of nitrogens with one attached hydrogen (secondary N) is 2. The van der Waals surface area contributed by atoms with E-state index in [4.69, 9.17) is 23.8 Å². The van der Waals surface area contributed by atoms with Crippen LogP contribution in [0.5, 0.6) is 0 Å². The monoisotopic (exact) mass is 465 g/mol. The lowest BCUT2D eigenvalue weighted by Crippen LogP contribution is -2.34. The Labute approximate surface area is 178 Å². The average molecular weight is 467 g/mol. The SMILES string of the molecule is CC1CCN(c2ccc(NC(=S)NC(=O)c3cccc(Br)c3)cc2Cl)CC1. The van der Waals surface area contributed by atoms with E-state index in [1.165, 1.54) is 12.8 Å². The van der Waals surface area contributed by atoms with Gasteiger partial charge in [-0.05, 0) is 67.4 Å². The van der Waals surface area contributed by atoms with Crippen LogP contribution in [0.15, 0.2) is 46.9 Å². The van der Waals surface area contributed by atoms with E-state index in [1.54, 1.807) is 18.2 Å². The van der Waals surface area contributed by atoms with E-state index in [1.807, 2.05) is 24.3 Å². The number of rotatable bonds is 3. The minimum absolute atomic E-state index is 0.232. The van der Waals surface area contributed by atoms with Crippen LogP contribution in [0.1, 0.15) is 30.1 Å². The lowest BCUT2D eigenvalue weighted by Gasteiger charge is -2.32. The van der Waals surface area contributed by atoms with Crippen molar-refractivity contribution < 1.29 is 4.79 Å². The fraction of sp³-hybridized carbons (Fsp3) is 0.300. The summed E-state index contributed by atoms with van der Waals surface area (Å²) in [5.74, 6) is 0.506. The maximum Gasteiger partial charge on any atom is 0.257 e. The van der Waals surface area contributed by atoms with Gasteiger partial charge in [0.25, 0.3) is 5.91 Å². The van der Waals surface area contributed by atoms with Gasteiger partial charge in [0.1, 0.15) is 0 Å². The molecule has 0 aliphatic carbocycles. The first-order chi connectivity index (χ1) is 12.9. The van der Waals surface area contributed by atoms with Crippen LogP contribution in [0, 0.1) is 5.92 Å². The lowest BCUT2D eigenvalue weighted by molar-refractivity contribution is 0.0977. The molecule has 0 atom stereocenters. The second-order valence-electron chi connectivity index (χ2n) is 6.75. The van der Waals surface area contributed by atoms with Gasteiger partial charge in [-0.3, -0.25) is 10.1 Å². The van der Waals surface area contributed by atoms with E-state index in [9.17, 15) is 4.79 Å². The molecule has 4 nitrogen and oxygen atoms in total. The molecule has 0 unspecified atom stereocenters. The van der Waals surface area contributed by atoms with E-state index < -0.39 is 0 Å². The molecule has 0 aromatic heterocycles. The van der Waals surface area contributed by atoms with Crippen LogP contribution in [0.4, 0.5) is 11.4 Å². The van der Waals surface area contributed by atoms with Crippen LogP contribution in [0.2, 0.25) is 5.02 Å². The first-order valence-electron chi connectivity index (χ1n) is 8.85. The van der Waals surface area contributed by atoms with Gasteiger partial charge >= 0.3 is 0 Å². The highest BCUT2D eigenvalue weighted by molar-refractivity contribution is 9.10. The molecule has 27 heavy (non-hydrogen) atoms. The van der Waals surface area contributed by atoms with Crippen LogP contribution in [0.3, 0.4) is 0 Å². The summed E-state index contributed by atoms with van der Waals surface area (Å²) in [6, 6.07) is 12.9. The molecule has 1 aliphatic rings. The normalized spacial score (nSPS) is 14.7. The molecule has 0 bridgehead atoms. The number of carbonyl (C=O) groups is 1. The van der Waals surface area contributed by atoms with Crippen LogP contribution in [0.25, 0.3) is 0 Å². The van der Waals surface area contributed by atoms with Gasteiger partial charge in [-0.1, -0.05) is 40.5 Å². The minimum Gasteiger partial charge on any atom is -0.370 e. The van der Waals surface area contributed by atoms with Gasteiger partial charge in [-0.2, -0.15) is 0 Å². The Hall–Kier alpha value is -1.63. The van der Waals surface area contributed by atoms with Crippen LogP contribution >= 0.6 is 39.7 Å². The maximum absolute atomic E-state index is 12.3. The van der Waals surface area contributed by atoms with Gasteiger partial charge in [-0.15, -0.1) is 0 Å². The zero-order chi connectivity index (χ0) is 19.4. The molecule has 1 saturated heterocycles. The van der Waals surface area contributed by atoms with E-state index in [2.05, 4.69) is 38.4 Å². The number of piperidine rings is 1. The summed E-state index contributed by atoms with van der Waals surface area (Å²) in [5.41, 5.74) is 2.31. The molecule has 0 spiro atoms. The molecule has 1 fully saturated rings. The van der Waals surface area contributed by atoms with E-state index in [-0.39, 0.29) is 11.0 Å². The third-order valence-electron chi connectivity index (χ3n) is 4.64. The quantitative estimate of drug-likeness (QED) is 0.589. The summed E-state index contributed by atoms with van der Waals surface area (Å²) in [6.45, 7) is 4.33. The molecular formula is C20H21BrClN3OS. The number of thiocarbonyl (C=S) groups is 1. The van der Waals surface area contributed by atoms with E-state index >= 15 is 0 Å². The van der Waals surface area contributed by atoms with Crippen molar-refractivity contribution in [2.45, 2.75) is 19.8 Å². The first kappa shape index (κ1) is 20.1. The van der Waals surface area contributed by atoms with Crippen LogP contribution < -0.4 is 15.5 Å². The second-order valence-corrected chi connectivity index (χ2v) is 8.49. The van der Waals surface area contributed by atoms with Crippen LogP contribution in [-0.2, 0) is 0 Å². The van der Waals surface area contributed by atoms with Crippen molar-refractivity contribution in [3.05, 3.63) is 57.5 Å². The Morgan fingerprint density at radius 2 is 1.96 bits per heavy atom. The molecule has 2 aromatic rings. The zero-order valence-corrected chi connectivity index (χ0v) is 18.1. The average Bonchev–Trinajstić information content (AvgIpc) is 2.63. The summed E-state index contributed by atoms with van der Waals surface area (Å²) in [5, 5.41) is 6.61. The summed E-state index contributed by atoms with van der Waals surface area (Å²) in [4.78, 5) is 14.6. The van der Waals surface area contributed by atoms with Gasteiger partial charge in [0.2, 0.25) is 0 Å². The van der Waals surface area contributed by atoms with Crippen molar-refractivity contribution in [2.75, 3.05) is 23.3 Å². The van der Waals surface area contributed by atoms with Gasteiger partial charge in [-0.25, -0.2) is 0 Å². The highest BCUT2D eigenvalue weighted by Crippen LogP contribution is 2.31. The number of amides is 1. The Kier molecular flexibility index (Phi) is 6.73. The van der Waals surface area contributed by atoms with Crippen molar-refractivity contribution in [3.63, 3.8) is 0 Å². The van der Waals surface area contributed by atoms with Gasteiger partial charge in [0.05, 0.1) is 10.7 Å². The summed E-state index contributed by atoms with van der Waals surface area (Å²) < 4.78 is 0.837. The van der Waals surface area contributed by atoms with E-state index in [0.29, 0.717) is 10.6 Å². The predicted octanol–water partition coefficient (Wildman–Crippen LogP) is 5.47. The van der Waals surface area contributed by atoms with Crippen molar-refractivity contribution in [3.8, 4) is 0 Å². The molecule has 0 radical (unpaired) electrons. The third kappa shape index (κ3) is 5.43. The summed E-state index contributed by atoms with van der Waals surface area (Å²) >= 11 is 15.1. The standard InChI is InChI=1S/C20H21BrClN3OS/c1-13-7-9-25(10-8-13)18-6-5-16(12-17(18)22)23-20(27)24-19(26)14-3-2-4-15(21)11-14/h2-6,11-13H,7-10H2,1H3,(H2,23,24,26,27). The van der Waals surface area contributed by atoms with Crippen molar-refractivity contribution >= 4 is 62.1 Å². The minimum atomic E-state index is -0.265. The number of halogens is 2. The highest BCUT2D eigenvalue weighted by atomic mass is 79.9. The number of hydrogen-bond donors (Lipinski definition) is 2. The molecular weight excluding hydrogens is 446 g/mol. The Morgan fingerprint density at radius 1 is 1.22 bits per heavy atom. The number of carbonyl (C=O) groups excluding carboxylic acids is 1. The predicted molar refractivity (Wildman–Crippen MR) is 120 cm³/mol. The van der Waals surface area contributed by atoms with Crippen molar-refractivity contribution in [1.82, 2.24) is 5.32 Å². The molecule has 1 aliphatic heterocycles. The molecule has 0 saturated carbocycles. The fourth-order valence-corrected chi connectivity index (χ4v) is 3.97. The van der Waals surface area contributed by atoms with Crippen LogP contribution in [-0.4, -0.2) is 24.1 Å². The molecule has 2 N–H and O–H groups in total. The summed E-state index contributed by atoms with van der Waals surface area (Å²) in [6.07, 6.45) is 2.37. The van der Waals surface area contributed by atoms with Crippen molar-refractivity contribution in [2.24, 2.45) is 5.92 Å². The fourth-order valence-electron chi connectivity index (χ4n) is 3.06. The number of nitrogens with zero attached hydrogens (tertiary/aromatic N) is 1. The van der Waals surface area contributed by atoms with Gasteiger partial charge in [0.15, 0.2) is 5.11 Å². The topological polar surface area (TPSA) is 44.4 Å². The Bertz CT molecular complexity index is 853. The Balaban J connectivity index is 1.61. The first-order valence-corrected chi connectivity index (χ1v) is 10.4.